The Morgan fingerprint density at radius 2 is 2.33 bits per heavy atom. The van der Waals surface area contributed by atoms with Gasteiger partial charge in [0.15, 0.2) is 0 Å². The van der Waals surface area contributed by atoms with Gasteiger partial charge < -0.3 is 5.32 Å². The normalized spacial score (nSPS) is 12.6. The average molecular weight is 126 g/mol. The van der Waals surface area contributed by atoms with E-state index in [4.69, 9.17) is 5.26 Å². The fraction of sp³-hybridized carbons (Fsp3) is 0.857. The Balaban J connectivity index is 2.99. The molecule has 0 aromatic carbocycles. The molecule has 0 rings (SSSR count). The summed E-state index contributed by atoms with van der Waals surface area (Å²) >= 11 is 0. The van der Waals surface area contributed by atoms with E-state index in [9.17, 15) is 0 Å². The van der Waals surface area contributed by atoms with E-state index in [0.29, 0.717) is 0 Å². The van der Waals surface area contributed by atoms with Crippen LogP contribution in [-0.2, 0) is 0 Å². The Hall–Kier alpha value is -0.550. The third-order valence-electron chi connectivity index (χ3n) is 1.10. The standard InChI is InChI=1S/C7H14N2/c1-3-4-9-6-7(2)5-8/h7,9H,3-4,6H2,1-2H3. The topological polar surface area (TPSA) is 35.8 Å². The lowest BCUT2D eigenvalue weighted by molar-refractivity contribution is 0.597. The van der Waals surface area contributed by atoms with Gasteiger partial charge in [-0.1, -0.05) is 6.92 Å². The second kappa shape index (κ2) is 5.58. The van der Waals surface area contributed by atoms with Gasteiger partial charge in [-0.3, -0.25) is 0 Å². The Bertz CT molecular complexity index is 93.6. The number of rotatable bonds is 4. The SMILES string of the molecule is CCCNCC(C)C#N. The molecule has 1 unspecified atom stereocenters. The van der Waals surface area contributed by atoms with Crippen molar-refractivity contribution in [3.05, 3.63) is 0 Å². The lowest BCUT2D eigenvalue weighted by Crippen LogP contribution is -2.20. The van der Waals surface area contributed by atoms with Crippen molar-refractivity contribution >= 4 is 0 Å². The summed E-state index contributed by atoms with van der Waals surface area (Å²) in [6.07, 6.45) is 1.14. The third kappa shape index (κ3) is 5.32. The highest BCUT2D eigenvalue weighted by Gasteiger charge is 1.94. The van der Waals surface area contributed by atoms with Crippen LogP contribution in [-0.4, -0.2) is 13.1 Å². The molecule has 52 valence electrons. The quantitative estimate of drug-likeness (QED) is 0.573. The molecule has 0 fully saturated rings. The van der Waals surface area contributed by atoms with Crippen LogP contribution in [0.25, 0.3) is 0 Å². The van der Waals surface area contributed by atoms with Crippen LogP contribution in [0.3, 0.4) is 0 Å². The Kier molecular flexibility index (Phi) is 5.24. The first kappa shape index (κ1) is 8.45. The molecule has 2 nitrogen and oxygen atoms in total. The van der Waals surface area contributed by atoms with Crippen LogP contribution in [0.5, 0.6) is 0 Å². The highest BCUT2D eigenvalue weighted by Crippen LogP contribution is 1.86. The minimum absolute atomic E-state index is 0.150. The summed E-state index contributed by atoms with van der Waals surface area (Å²) in [7, 11) is 0. The molecule has 0 radical (unpaired) electrons. The highest BCUT2D eigenvalue weighted by atomic mass is 14.8. The van der Waals surface area contributed by atoms with Crippen LogP contribution in [0.15, 0.2) is 0 Å². The molecule has 0 aliphatic heterocycles. The summed E-state index contributed by atoms with van der Waals surface area (Å²) in [6.45, 7) is 5.88. The van der Waals surface area contributed by atoms with E-state index in [1.165, 1.54) is 0 Å². The van der Waals surface area contributed by atoms with E-state index in [-0.39, 0.29) is 5.92 Å². The summed E-state index contributed by atoms with van der Waals surface area (Å²) in [6, 6.07) is 2.16. The van der Waals surface area contributed by atoms with Gasteiger partial charge in [-0.25, -0.2) is 0 Å². The largest absolute Gasteiger partial charge is 0.315 e. The molecule has 9 heavy (non-hydrogen) atoms. The first-order chi connectivity index (χ1) is 4.31. The van der Waals surface area contributed by atoms with Gasteiger partial charge in [-0.15, -0.1) is 0 Å². The van der Waals surface area contributed by atoms with Gasteiger partial charge in [-0.2, -0.15) is 5.26 Å². The molecule has 0 bridgehead atoms. The summed E-state index contributed by atoms with van der Waals surface area (Å²) in [5.74, 6) is 0.150. The van der Waals surface area contributed by atoms with Gasteiger partial charge >= 0.3 is 0 Å². The zero-order valence-electron chi connectivity index (χ0n) is 6.15. The summed E-state index contributed by atoms with van der Waals surface area (Å²) in [4.78, 5) is 0. The minimum atomic E-state index is 0.150. The van der Waals surface area contributed by atoms with Crippen molar-refractivity contribution in [3.8, 4) is 6.07 Å². The molecule has 0 saturated heterocycles. The molecule has 1 N–H and O–H groups in total. The average Bonchev–Trinajstić information content (AvgIpc) is 1.89. The van der Waals surface area contributed by atoms with Crippen molar-refractivity contribution in [2.75, 3.05) is 13.1 Å². The predicted octanol–water partition coefficient (Wildman–Crippen LogP) is 1.15. The maximum atomic E-state index is 8.34. The summed E-state index contributed by atoms with van der Waals surface area (Å²) < 4.78 is 0. The van der Waals surface area contributed by atoms with Crippen molar-refractivity contribution < 1.29 is 0 Å². The van der Waals surface area contributed by atoms with E-state index in [1.54, 1.807) is 0 Å². The van der Waals surface area contributed by atoms with Gasteiger partial charge in [0, 0.05) is 6.54 Å². The smallest absolute Gasteiger partial charge is 0.0666 e. The third-order valence-corrected chi connectivity index (χ3v) is 1.10. The van der Waals surface area contributed by atoms with Gasteiger partial charge in [0.05, 0.1) is 12.0 Å². The first-order valence-corrected chi connectivity index (χ1v) is 3.41. The molecule has 1 atom stereocenters. The zero-order chi connectivity index (χ0) is 7.11. The van der Waals surface area contributed by atoms with Gasteiger partial charge in [-0.05, 0) is 19.9 Å². The molecule has 0 amide bonds. The van der Waals surface area contributed by atoms with Crippen LogP contribution in [0.4, 0.5) is 0 Å². The number of hydrogen-bond acceptors (Lipinski definition) is 2. The molecule has 0 saturated carbocycles. The van der Waals surface area contributed by atoms with Crippen LogP contribution in [0, 0.1) is 17.2 Å². The molecule has 0 aliphatic carbocycles. The number of nitrogens with one attached hydrogen (secondary N) is 1. The monoisotopic (exact) mass is 126 g/mol. The molecular formula is C7H14N2. The van der Waals surface area contributed by atoms with Crippen molar-refractivity contribution in [1.82, 2.24) is 5.32 Å². The summed E-state index contributed by atoms with van der Waals surface area (Å²) in [5.41, 5.74) is 0. The first-order valence-electron chi connectivity index (χ1n) is 3.41. The molecule has 0 aliphatic rings. The van der Waals surface area contributed by atoms with E-state index >= 15 is 0 Å². The highest BCUT2D eigenvalue weighted by molar-refractivity contribution is 4.79. The molecule has 0 spiro atoms. The van der Waals surface area contributed by atoms with E-state index in [0.717, 1.165) is 19.5 Å². The van der Waals surface area contributed by atoms with Crippen LogP contribution < -0.4 is 5.32 Å². The van der Waals surface area contributed by atoms with Crippen molar-refractivity contribution in [2.24, 2.45) is 5.92 Å². The van der Waals surface area contributed by atoms with Gasteiger partial charge in [0.2, 0.25) is 0 Å². The zero-order valence-corrected chi connectivity index (χ0v) is 6.15. The van der Waals surface area contributed by atoms with Crippen molar-refractivity contribution in [1.29, 1.82) is 5.26 Å². The molecule has 0 aromatic heterocycles. The van der Waals surface area contributed by atoms with Crippen LogP contribution in [0.2, 0.25) is 0 Å². The maximum Gasteiger partial charge on any atom is 0.0666 e. The molecule has 0 heterocycles. The van der Waals surface area contributed by atoms with Crippen molar-refractivity contribution in [3.63, 3.8) is 0 Å². The van der Waals surface area contributed by atoms with E-state index in [1.807, 2.05) is 6.92 Å². The number of nitrogens with zero attached hydrogens (tertiary/aromatic N) is 1. The Labute approximate surface area is 56.9 Å². The Morgan fingerprint density at radius 1 is 1.67 bits per heavy atom. The fourth-order valence-electron chi connectivity index (χ4n) is 0.541. The number of nitriles is 1. The Morgan fingerprint density at radius 3 is 2.78 bits per heavy atom. The van der Waals surface area contributed by atoms with Crippen LogP contribution >= 0.6 is 0 Å². The van der Waals surface area contributed by atoms with Crippen LogP contribution in [0.1, 0.15) is 20.3 Å². The predicted molar refractivity (Wildman–Crippen MR) is 37.9 cm³/mol. The fourth-order valence-corrected chi connectivity index (χ4v) is 0.541. The van der Waals surface area contributed by atoms with E-state index < -0.39 is 0 Å². The molecular weight excluding hydrogens is 112 g/mol. The lowest BCUT2D eigenvalue weighted by Gasteiger charge is -2.01. The minimum Gasteiger partial charge on any atom is -0.315 e. The molecule has 0 aromatic rings. The molecule has 2 heteroatoms. The van der Waals surface area contributed by atoms with Crippen molar-refractivity contribution in [2.45, 2.75) is 20.3 Å². The second-order valence-corrected chi connectivity index (χ2v) is 2.23. The lowest BCUT2D eigenvalue weighted by atomic mass is 10.2. The second-order valence-electron chi connectivity index (χ2n) is 2.23. The van der Waals surface area contributed by atoms with E-state index in [2.05, 4.69) is 18.3 Å². The summed E-state index contributed by atoms with van der Waals surface area (Å²) in [5, 5.41) is 11.5. The number of hydrogen-bond donors (Lipinski definition) is 1. The maximum absolute atomic E-state index is 8.34. The van der Waals surface area contributed by atoms with Gasteiger partial charge in [0.25, 0.3) is 0 Å². The van der Waals surface area contributed by atoms with Gasteiger partial charge in [0.1, 0.15) is 0 Å².